The van der Waals surface area contributed by atoms with Gasteiger partial charge in [-0.2, -0.15) is 0 Å². The van der Waals surface area contributed by atoms with E-state index < -0.39 is 0 Å². The molecule has 3 aromatic rings. The van der Waals surface area contributed by atoms with Crippen LogP contribution in [0.25, 0.3) is 11.0 Å². The zero-order valence-electron chi connectivity index (χ0n) is 15.5. The minimum absolute atomic E-state index is 0.0565. The molecule has 0 spiro atoms. The van der Waals surface area contributed by atoms with Crippen molar-refractivity contribution < 1.29 is 9.53 Å². The number of aryl methyl sites for hydroxylation is 2. The number of nitrogens with zero attached hydrogens (tertiary/aromatic N) is 2. The van der Waals surface area contributed by atoms with Crippen LogP contribution in [0.4, 0.5) is 0 Å². The zero-order chi connectivity index (χ0) is 18.5. The maximum absolute atomic E-state index is 11.4. The van der Waals surface area contributed by atoms with Crippen LogP contribution in [0.15, 0.2) is 48.5 Å². The predicted molar refractivity (Wildman–Crippen MR) is 103 cm³/mol. The maximum atomic E-state index is 11.4. The lowest BCUT2D eigenvalue weighted by Crippen LogP contribution is -2.26. The summed E-state index contributed by atoms with van der Waals surface area (Å²) in [7, 11) is 0. The average Bonchev–Trinajstić information content (AvgIpc) is 2.98. The number of carbonyl (C=O) groups excluding carboxylic acids is 1. The number of hydrogen-bond donors (Lipinski definition) is 1. The molecule has 136 valence electrons. The second-order valence-electron chi connectivity index (χ2n) is 6.50. The number of para-hydroxylation sites is 3. The zero-order valence-corrected chi connectivity index (χ0v) is 15.5. The molecule has 1 aromatic heterocycles. The molecule has 26 heavy (non-hydrogen) atoms. The molecule has 3 rings (SSSR count). The normalized spacial score (nSPS) is 12.1. The third kappa shape index (κ3) is 4.04. The number of aromatic nitrogens is 2. The molecule has 0 bridgehead atoms. The van der Waals surface area contributed by atoms with E-state index in [9.17, 15) is 4.79 Å². The molecule has 5 heteroatoms. The minimum atomic E-state index is -0.141. The quantitative estimate of drug-likeness (QED) is 0.654. The van der Waals surface area contributed by atoms with E-state index >= 15 is 0 Å². The van der Waals surface area contributed by atoms with Crippen molar-refractivity contribution in [1.82, 2.24) is 14.9 Å². The molecule has 1 atom stereocenters. The monoisotopic (exact) mass is 351 g/mol. The van der Waals surface area contributed by atoms with Gasteiger partial charge in [0.05, 0.1) is 23.7 Å². The lowest BCUT2D eigenvalue weighted by molar-refractivity contribution is -0.119. The molecule has 5 nitrogen and oxygen atoms in total. The number of carbonyl (C=O) groups is 1. The van der Waals surface area contributed by atoms with E-state index in [1.165, 1.54) is 6.92 Å². The van der Waals surface area contributed by atoms with Gasteiger partial charge in [0, 0.05) is 13.5 Å². The molecule has 0 radical (unpaired) electrons. The van der Waals surface area contributed by atoms with Gasteiger partial charge in [0.25, 0.3) is 0 Å². The van der Waals surface area contributed by atoms with Crippen LogP contribution >= 0.6 is 0 Å². The Morgan fingerprint density at radius 2 is 1.92 bits per heavy atom. The van der Waals surface area contributed by atoms with E-state index in [0.29, 0.717) is 6.61 Å². The number of hydrogen-bond acceptors (Lipinski definition) is 3. The van der Waals surface area contributed by atoms with E-state index in [0.717, 1.165) is 41.1 Å². The van der Waals surface area contributed by atoms with Crippen molar-refractivity contribution >= 4 is 16.9 Å². The van der Waals surface area contributed by atoms with Gasteiger partial charge in [-0.3, -0.25) is 4.79 Å². The van der Waals surface area contributed by atoms with Crippen LogP contribution in [0.2, 0.25) is 0 Å². The summed E-state index contributed by atoms with van der Waals surface area (Å²) in [6, 6.07) is 15.9. The first-order valence-corrected chi connectivity index (χ1v) is 8.97. The molecule has 0 aliphatic carbocycles. The summed E-state index contributed by atoms with van der Waals surface area (Å²) in [5.74, 6) is 1.74. The molecule has 0 aliphatic rings. The number of fused-ring (bicyclic) bond motifs is 1. The van der Waals surface area contributed by atoms with Crippen LogP contribution < -0.4 is 10.1 Å². The van der Waals surface area contributed by atoms with Gasteiger partial charge in [-0.1, -0.05) is 30.3 Å². The first-order valence-electron chi connectivity index (χ1n) is 8.97. The van der Waals surface area contributed by atoms with Crippen molar-refractivity contribution in [2.75, 3.05) is 6.61 Å². The van der Waals surface area contributed by atoms with E-state index in [2.05, 4.69) is 16.0 Å². The van der Waals surface area contributed by atoms with Gasteiger partial charge in [0.15, 0.2) is 0 Å². The summed E-state index contributed by atoms with van der Waals surface area (Å²) in [5, 5.41) is 2.93. The molecular formula is C21H25N3O2. The number of benzene rings is 2. The van der Waals surface area contributed by atoms with Crippen molar-refractivity contribution in [2.45, 2.75) is 39.8 Å². The van der Waals surface area contributed by atoms with Crippen molar-refractivity contribution in [3.63, 3.8) is 0 Å². The van der Waals surface area contributed by atoms with Gasteiger partial charge in [-0.25, -0.2) is 4.98 Å². The summed E-state index contributed by atoms with van der Waals surface area (Å²) in [6.45, 7) is 6.95. The Kier molecular flexibility index (Phi) is 5.56. The fourth-order valence-corrected chi connectivity index (χ4v) is 3.15. The number of imidazole rings is 1. The van der Waals surface area contributed by atoms with Crippen LogP contribution in [0.3, 0.4) is 0 Å². The largest absolute Gasteiger partial charge is 0.493 e. The summed E-state index contributed by atoms with van der Waals surface area (Å²) in [6.07, 6.45) is 0.856. The Balaban J connectivity index is 1.73. The topological polar surface area (TPSA) is 56.2 Å². The molecule has 1 amide bonds. The van der Waals surface area contributed by atoms with Crippen molar-refractivity contribution in [3.05, 3.63) is 59.9 Å². The van der Waals surface area contributed by atoms with Gasteiger partial charge in [0.1, 0.15) is 11.6 Å². The Morgan fingerprint density at radius 1 is 1.19 bits per heavy atom. The molecule has 2 aromatic carbocycles. The molecule has 0 saturated carbocycles. The predicted octanol–water partition coefficient (Wildman–Crippen LogP) is 4.01. The van der Waals surface area contributed by atoms with Crippen LogP contribution in [0.5, 0.6) is 5.75 Å². The molecule has 0 fully saturated rings. The first-order chi connectivity index (χ1) is 12.6. The summed E-state index contributed by atoms with van der Waals surface area (Å²) in [5.41, 5.74) is 3.16. The number of rotatable bonds is 7. The fraction of sp³-hybridized carbons (Fsp3) is 0.333. The highest BCUT2D eigenvalue weighted by Crippen LogP contribution is 2.22. The molecule has 0 aliphatic heterocycles. The highest BCUT2D eigenvalue weighted by Gasteiger charge is 2.17. The lowest BCUT2D eigenvalue weighted by atomic mass is 10.2. The lowest BCUT2D eigenvalue weighted by Gasteiger charge is -2.16. The second-order valence-corrected chi connectivity index (χ2v) is 6.50. The fourth-order valence-electron chi connectivity index (χ4n) is 3.15. The summed E-state index contributed by atoms with van der Waals surface area (Å²) < 4.78 is 8.09. The van der Waals surface area contributed by atoms with Crippen molar-refractivity contribution in [1.29, 1.82) is 0 Å². The Labute approximate surface area is 154 Å². The Morgan fingerprint density at radius 3 is 2.69 bits per heavy atom. The molecule has 1 N–H and O–H groups in total. The highest BCUT2D eigenvalue weighted by molar-refractivity contribution is 5.77. The molecule has 0 saturated heterocycles. The summed E-state index contributed by atoms with van der Waals surface area (Å²) >= 11 is 0. The SMILES string of the molecule is CC(=O)NC(C)c1nc2ccccc2n1CCCOc1ccccc1C. The van der Waals surface area contributed by atoms with Crippen LogP contribution in [0.1, 0.15) is 37.7 Å². The Bertz CT molecular complexity index is 901. The summed E-state index contributed by atoms with van der Waals surface area (Å²) in [4.78, 5) is 16.2. The number of nitrogens with one attached hydrogen (secondary N) is 1. The number of amides is 1. The minimum Gasteiger partial charge on any atom is -0.493 e. The smallest absolute Gasteiger partial charge is 0.217 e. The van der Waals surface area contributed by atoms with Gasteiger partial charge >= 0.3 is 0 Å². The molecular weight excluding hydrogens is 326 g/mol. The van der Waals surface area contributed by atoms with Crippen molar-refractivity contribution in [3.8, 4) is 5.75 Å². The van der Waals surface area contributed by atoms with Gasteiger partial charge in [0.2, 0.25) is 5.91 Å². The van der Waals surface area contributed by atoms with Crippen LogP contribution in [-0.4, -0.2) is 22.1 Å². The maximum Gasteiger partial charge on any atom is 0.217 e. The van der Waals surface area contributed by atoms with Crippen molar-refractivity contribution in [2.24, 2.45) is 0 Å². The standard InChI is InChI=1S/C21H25N3O2/c1-15-9-4-7-12-20(15)26-14-8-13-24-19-11-6-5-10-18(19)23-21(24)16(2)22-17(3)25/h4-7,9-12,16H,8,13-14H2,1-3H3,(H,22,25). The Hall–Kier alpha value is -2.82. The first kappa shape index (κ1) is 18.0. The average molecular weight is 351 g/mol. The van der Waals surface area contributed by atoms with Gasteiger partial charge < -0.3 is 14.6 Å². The van der Waals surface area contributed by atoms with Crippen LogP contribution in [0, 0.1) is 6.92 Å². The van der Waals surface area contributed by atoms with Gasteiger partial charge in [-0.05, 0) is 44.0 Å². The van der Waals surface area contributed by atoms with E-state index in [4.69, 9.17) is 9.72 Å². The van der Waals surface area contributed by atoms with Crippen LogP contribution in [-0.2, 0) is 11.3 Å². The van der Waals surface area contributed by atoms with E-state index in [-0.39, 0.29) is 11.9 Å². The van der Waals surface area contributed by atoms with Gasteiger partial charge in [-0.15, -0.1) is 0 Å². The number of ether oxygens (including phenoxy) is 1. The highest BCUT2D eigenvalue weighted by atomic mass is 16.5. The second kappa shape index (κ2) is 8.04. The molecule has 1 heterocycles. The van der Waals surface area contributed by atoms with E-state index in [1.807, 2.05) is 56.3 Å². The third-order valence-electron chi connectivity index (χ3n) is 4.37. The van der Waals surface area contributed by atoms with E-state index in [1.54, 1.807) is 0 Å². The molecule has 1 unspecified atom stereocenters. The third-order valence-corrected chi connectivity index (χ3v) is 4.37.